The quantitative estimate of drug-likeness (QED) is 0.662. The number of hydrogen-bond acceptors (Lipinski definition) is 2. The predicted octanol–water partition coefficient (Wildman–Crippen LogP) is 5.89. The summed E-state index contributed by atoms with van der Waals surface area (Å²) in [5.74, 6) is 0.296. The van der Waals surface area contributed by atoms with Crippen molar-refractivity contribution in [3.05, 3.63) is 60.2 Å². The molecule has 1 fully saturated rings. The summed E-state index contributed by atoms with van der Waals surface area (Å²) in [5, 5.41) is 3.37. The molecule has 1 saturated carbocycles. The lowest BCUT2D eigenvalue weighted by Crippen LogP contribution is -2.33. The van der Waals surface area contributed by atoms with Gasteiger partial charge in [0.05, 0.1) is 0 Å². The number of para-hydroxylation sites is 1. The molecule has 0 radical (unpaired) electrons. The lowest BCUT2D eigenvalue weighted by atomic mass is 9.86. The second-order valence-corrected chi connectivity index (χ2v) is 8.54. The molecule has 0 aromatic heterocycles. The minimum atomic E-state index is 0.0292. The second-order valence-electron chi connectivity index (χ2n) is 6.72. The third kappa shape index (κ3) is 5.26. The Morgan fingerprint density at radius 3 is 2.56 bits per heavy atom. The first kappa shape index (κ1) is 18.3. The third-order valence-corrected chi connectivity index (χ3v) is 6.87. The molecule has 3 atom stereocenters. The van der Waals surface area contributed by atoms with Crippen molar-refractivity contribution >= 4 is 35.0 Å². The molecular weight excluding hydrogens is 350 g/mol. The summed E-state index contributed by atoms with van der Waals surface area (Å²) in [5.41, 5.74) is 2.12. The Bertz CT molecular complexity index is 689. The van der Waals surface area contributed by atoms with Crippen molar-refractivity contribution in [2.45, 2.75) is 48.1 Å². The Labute approximate surface area is 159 Å². The molecule has 2 aromatic carbocycles. The molecule has 1 aliphatic rings. The molecule has 25 heavy (non-hydrogen) atoms. The highest BCUT2D eigenvalue weighted by molar-refractivity contribution is 8.00. The maximum atomic E-state index is 12.4. The van der Waals surface area contributed by atoms with E-state index < -0.39 is 0 Å². The minimum absolute atomic E-state index is 0.0292. The van der Waals surface area contributed by atoms with E-state index in [-0.39, 0.29) is 17.2 Å². The lowest BCUT2D eigenvalue weighted by Gasteiger charge is -2.33. The molecule has 1 N–H and O–H groups in total. The van der Waals surface area contributed by atoms with Gasteiger partial charge < -0.3 is 5.32 Å². The van der Waals surface area contributed by atoms with Crippen molar-refractivity contribution in [1.29, 1.82) is 0 Å². The Hall–Kier alpha value is -1.45. The fraction of sp³-hybridized carbons (Fsp3) is 0.381. The monoisotopic (exact) mass is 373 g/mol. The molecule has 3 unspecified atom stereocenters. The number of nitrogens with one attached hydrogen (secondary N) is 1. The van der Waals surface area contributed by atoms with Crippen molar-refractivity contribution in [1.82, 2.24) is 0 Å². The number of carbonyl (C=O) groups excluding carboxylic acids is 1. The first-order valence-electron chi connectivity index (χ1n) is 8.84. The van der Waals surface area contributed by atoms with E-state index in [2.05, 4.69) is 36.5 Å². The lowest BCUT2D eigenvalue weighted by molar-refractivity contribution is -0.117. The Morgan fingerprint density at radius 2 is 1.84 bits per heavy atom. The van der Waals surface area contributed by atoms with Gasteiger partial charge in [0.25, 0.3) is 0 Å². The van der Waals surface area contributed by atoms with Gasteiger partial charge in [-0.05, 0) is 49.9 Å². The summed E-state index contributed by atoms with van der Waals surface area (Å²) in [6.45, 7) is 2.10. The molecule has 0 heterocycles. The van der Waals surface area contributed by atoms with Crippen LogP contribution in [-0.2, 0) is 4.79 Å². The molecule has 3 rings (SSSR count). The second kappa shape index (κ2) is 8.77. The van der Waals surface area contributed by atoms with E-state index >= 15 is 0 Å². The number of amides is 1. The van der Waals surface area contributed by atoms with Gasteiger partial charge in [0.15, 0.2) is 0 Å². The first-order valence-corrected chi connectivity index (χ1v) is 10.2. The van der Waals surface area contributed by atoms with Crippen LogP contribution in [-0.4, -0.2) is 16.5 Å². The Morgan fingerprint density at radius 1 is 1.12 bits per heavy atom. The number of rotatable bonds is 5. The summed E-state index contributed by atoms with van der Waals surface area (Å²) in [7, 11) is 0. The van der Waals surface area contributed by atoms with E-state index in [0.29, 0.717) is 11.7 Å². The molecule has 1 aliphatic carbocycles. The van der Waals surface area contributed by atoms with Crippen LogP contribution < -0.4 is 5.32 Å². The molecule has 0 bridgehead atoms. The molecule has 0 spiro atoms. The first-order chi connectivity index (χ1) is 12.1. The molecular formula is C21H24ClNOS. The van der Waals surface area contributed by atoms with Crippen LogP contribution in [0.4, 0.5) is 5.69 Å². The number of thioether (sulfide) groups is 1. The highest BCUT2D eigenvalue weighted by Gasteiger charge is 2.33. The maximum absolute atomic E-state index is 12.4. The van der Waals surface area contributed by atoms with Gasteiger partial charge in [0.2, 0.25) is 5.91 Å². The standard InChI is InChI=1S/C21H24ClNOS/c1-15-10-12-18(13-11-15)25-19-9-5-6-16(21(19)22)14-20(24)23-17-7-3-2-4-8-17/h2-4,7-8,10-13,16,19,21H,5-6,9,14H2,1H3,(H,23,24). The average Bonchev–Trinajstić information content (AvgIpc) is 2.61. The van der Waals surface area contributed by atoms with Crippen LogP contribution >= 0.6 is 23.4 Å². The van der Waals surface area contributed by atoms with Crippen LogP contribution in [0.25, 0.3) is 0 Å². The number of benzene rings is 2. The minimum Gasteiger partial charge on any atom is -0.326 e. The topological polar surface area (TPSA) is 29.1 Å². The van der Waals surface area contributed by atoms with Crippen LogP contribution in [0.15, 0.2) is 59.5 Å². The van der Waals surface area contributed by atoms with E-state index in [0.717, 1.165) is 24.9 Å². The zero-order valence-corrected chi connectivity index (χ0v) is 16.0. The van der Waals surface area contributed by atoms with Crippen LogP contribution in [0.3, 0.4) is 0 Å². The molecule has 0 aliphatic heterocycles. The fourth-order valence-corrected chi connectivity index (χ4v) is 5.08. The van der Waals surface area contributed by atoms with E-state index in [1.165, 1.54) is 10.5 Å². The normalized spacial score (nSPS) is 23.2. The Kier molecular flexibility index (Phi) is 6.44. The van der Waals surface area contributed by atoms with Gasteiger partial charge in [-0.2, -0.15) is 0 Å². The number of alkyl halides is 1. The predicted molar refractivity (Wildman–Crippen MR) is 107 cm³/mol. The Balaban J connectivity index is 1.56. The number of halogens is 1. The highest BCUT2D eigenvalue weighted by atomic mass is 35.5. The third-order valence-electron chi connectivity index (χ3n) is 4.68. The highest BCUT2D eigenvalue weighted by Crippen LogP contribution is 2.40. The summed E-state index contributed by atoms with van der Waals surface area (Å²) >= 11 is 8.63. The van der Waals surface area contributed by atoms with Crippen LogP contribution in [0.2, 0.25) is 0 Å². The van der Waals surface area contributed by atoms with Crippen LogP contribution in [0, 0.1) is 12.8 Å². The number of hydrogen-bond donors (Lipinski definition) is 1. The molecule has 1 amide bonds. The zero-order valence-electron chi connectivity index (χ0n) is 14.5. The molecule has 0 saturated heterocycles. The van der Waals surface area contributed by atoms with Gasteiger partial charge in [-0.1, -0.05) is 42.3 Å². The molecule has 4 heteroatoms. The van der Waals surface area contributed by atoms with Crippen molar-refractivity contribution in [3.8, 4) is 0 Å². The van der Waals surface area contributed by atoms with E-state index in [9.17, 15) is 4.79 Å². The van der Waals surface area contributed by atoms with Crippen molar-refractivity contribution in [3.63, 3.8) is 0 Å². The summed E-state index contributed by atoms with van der Waals surface area (Å²) in [4.78, 5) is 13.6. The van der Waals surface area contributed by atoms with Gasteiger partial charge in [-0.25, -0.2) is 0 Å². The molecule has 2 aromatic rings. The number of aryl methyl sites for hydroxylation is 1. The maximum Gasteiger partial charge on any atom is 0.224 e. The van der Waals surface area contributed by atoms with E-state index in [1.807, 2.05) is 42.1 Å². The van der Waals surface area contributed by atoms with Crippen LogP contribution in [0.1, 0.15) is 31.2 Å². The van der Waals surface area contributed by atoms with Gasteiger partial charge in [-0.3, -0.25) is 4.79 Å². The van der Waals surface area contributed by atoms with Gasteiger partial charge in [0, 0.05) is 27.6 Å². The SMILES string of the molecule is Cc1ccc(SC2CCCC(CC(=O)Nc3ccccc3)C2Cl)cc1. The summed E-state index contributed by atoms with van der Waals surface area (Å²) in [6.07, 6.45) is 3.77. The van der Waals surface area contributed by atoms with Gasteiger partial charge >= 0.3 is 0 Å². The number of carbonyl (C=O) groups is 1. The van der Waals surface area contributed by atoms with E-state index in [4.69, 9.17) is 11.6 Å². The smallest absolute Gasteiger partial charge is 0.224 e. The van der Waals surface area contributed by atoms with Gasteiger partial charge in [0.1, 0.15) is 0 Å². The average molecular weight is 374 g/mol. The van der Waals surface area contributed by atoms with Crippen molar-refractivity contribution < 1.29 is 4.79 Å². The molecule has 132 valence electrons. The number of anilines is 1. The van der Waals surface area contributed by atoms with Crippen molar-refractivity contribution in [2.24, 2.45) is 5.92 Å². The molecule has 2 nitrogen and oxygen atoms in total. The fourth-order valence-electron chi connectivity index (χ4n) is 3.31. The van der Waals surface area contributed by atoms with Crippen LogP contribution in [0.5, 0.6) is 0 Å². The summed E-state index contributed by atoms with van der Waals surface area (Å²) in [6, 6.07) is 18.2. The largest absolute Gasteiger partial charge is 0.326 e. The van der Waals surface area contributed by atoms with E-state index in [1.54, 1.807) is 0 Å². The zero-order chi connectivity index (χ0) is 17.6. The van der Waals surface area contributed by atoms with Gasteiger partial charge in [-0.15, -0.1) is 23.4 Å². The van der Waals surface area contributed by atoms with Crippen molar-refractivity contribution in [2.75, 3.05) is 5.32 Å². The summed E-state index contributed by atoms with van der Waals surface area (Å²) < 4.78 is 0.